The van der Waals surface area contributed by atoms with E-state index in [1.807, 2.05) is 38.1 Å². The highest BCUT2D eigenvalue weighted by molar-refractivity contribution is 7.12. The Labute approximate surface area is 163 Å². The Morgan fingerprint density at radius 3 is 2.44 bits per heavy atom. The Hall–Kier alpha value is -2.54. The minimum Gasteiger partial charge on any atom is -0.495 e. The number of piperazine rings is 1. The van der Waals surface area contributed by atoms with Gasteiger partial charge in [-0.2, -0.15) is 0 Å². The van der Waals surface area contributed by atoms with Gasteiger partial charge in [0.15, 0.2) is 6.61 Å². The van der Waals surface area contributed by atoms with Crippen LogP contribution >= 0.6 is 11.3 Å². The Balaban J connectivity index is 1.51. The second-order valence-electron chi connectivity index (χ2n) is 6.44. The average molecular weight is 388 g/mol. The van der Waals surface area contributed by atoms with Gasteiger partial charge in [0.1, 0.15) is 5.75 Å². The van der Waals surface area contributed by atoms with E-state index in [9.17, 15) is 9.59 Å². The van der Waals surface area contributed by atoms with Crippen LogP contribution in [0, 0.1) is 13.8 Å². The summed E-state index contributed by atoms with van der Waals surface area (Å²) in [4.78, 5) is 30.5. The lowest BCUT2D eigenvalue weighted by Crippen LogP contribution is -2.50. The van der Waals surface area contributed by atoms with Gasteiger partial charge in [-0.25, -0.2) is 4.79 Å². The molecule has 0 spiro atoms. The molecule has 1 aliphatic rings. The lowest BCUT2D eigenvalue weighted by Gasteiger charge is -2.36. The normalized spacial score (nSPS) is 14.2. The fraction of sp³-hybridized carbons (Fsp3) is 0.400. The van der Waals surface area contributed by atoms with Gasteiger partial charge < -0.3 is 19.3 Å². The van der Waals surface area contributed by atoms with Gasteiger partial charge in [0.05, 0.1) is 18.4 Å². The van der Waals surface area contributed by atoms with Crippen molar-refractivity contribution >= 4 is 28.9 Å². The van der Waals surface area contributed by atoms with Gasteiger partial charge in [-0.1, -0.05) is 12.1 Å². The zero-order valence-corrected chi connectivity index (χ0v) is 16.7. The van der Waals surface area contributed by atoms with E-state index in [-0.39, 0.29) is 12.5 Å². The predicted octanol–water partition coefficient (Wildman–Crippen LogP) is 2.88. The number of benzene rings is 1. The molecule has 2 aromatic rings. The van der Waals surface area contributed by atoms with Crippen molar-refractivity contribution in [2.45, 2.75) is 13.8 Å². The summed E-state index contributed by atoms with van der Waals surface area (Å²) in [7, 11) is 1.66. The Bertz CT molecular complexity index is 825. The Morgan fingerprint density at radius 1 is 1.11 bits per heavy atom. The summed E-state index contributed by atoms with van der Waals surface area (Å²) in [5, 5.41) is 0. The van der Waals surface area contributed by atoms with Crippen molar-refractivity contribution in [2.24, 2.45) is 0 Å². The summed E-state index contributed by atoms with van der Waals surface area (Å²) in [6.07, 6.45) is 0. The van der Waals surface area contributed by atoms with Crippen LogP contribution in [-0.4, -0.2) is 56.7 Å². The lowest BCUT2D eigenvalue weighted by atomic mass is 10.2. The van der Waals surface area contributed by atoms with Crippen LogP contribution in [0.4, 0.5) is 5.69 Å². The number of amides is 1. The van der Waals surface area contributed by atoms with Gasteiger partial charge in [0.2, 0.25) is 0 Å². The summed E-state index contributed by atoms with van der Waals surface area (Å²) in [5.74, 6) is 0.234. The maximum atomic E-state index is 12.4. The first-order valence-electron chi connectivity index (χ1n) is 8.89. The van der Waals surface area contributed by atoms with Gasteiger partial charge in [0.25, 0.3) is 5.91 Å². The molecule has 3 rings (SSSR count). The summed E-state index contributed by atoms with van der Waals surface area (Å²) in [6, 6.07) is 9.67. The van der Waals surface area contributed by atoms with Crippen molar-refractivity contribution in [2.75, 3.05) is 44.8 Å². The van der Waals surface area contributed by atoms with E-state index in [1.165, 1.54) is 0 Å². The van der Waals surface area contributed by atoms with Crippen LogP contribution in [0.25, 0.3) is 0 Å². The number of esters is 1. The van der Waals surface area contributed by atoms with E-state index in [0.29, 0.717) is 31.7 Å². The van der Waals surface area contributed by atoms with Gasteiger partial charge in [0, 0.05) is 35.9 Å². The maximum absolute atomic E-state index is 12.4. The van der Waals surface area contributed by atoms with E-state index >= 15 is 0 Å². The molecule has 0 N–H and O–H groups in total. The highest BCUT2D eigenvalue weighted by atomic mass is 32.1. The molecule has 1 fully saturated rings. The smallest absolute Gasteiger partial charge is 0.339 e. The van der Waals surface area contributed by atoms with Crippen molar-refractivity contribution in [3.8, 4) is 5.75 Å². The van der Waals surface area contributed by atoms with Crippen LogP contribution in [0.15, 0.2) is 30.3 Å². The van der Waals surface area contributed by atoms with E-state index in [2.05, 4.69) is 4.90 Å². The third kappa shape index (κ3) is 4.42. The van der Waals surface area contributed by atoms with E-state index in [0.717, 1.165) is 21.2 Å². The summed E-state index contributed by atoms with van der Waals surface area (Å²) < 4.78 is 10.6. The number of thiophene rings is 1. The van der Waals surface area contributed by atoms with Crippen LogP contribution < -0.4 is 9.64 Å². The molecule has 0 atom stereocenters. The first-order chi connectivity index (χ1) is 13.0. The number of anilines is 1. The summed E-state index contributed by atoms with van der Waals surface area (Å²) >= 11 is 1.55. The highest BCUT2D eigenvalue weighted by Crippen LogP contribution is 2.28. The number of hydrogen-bond donors (Lipinski definition) is 0. The first kappa shape index (κ1) is 19.2. The molecule has 0 saturated carbocycles. The number of hydrogen-bond acceptors (Lipinski definition) is 6. The van der Waals surface area contributed by atoms with Crippen molar-refractivity contribution in [3.05, 3.63) is 45.6 Å². The number of nitrogens with zero attached hydrogens (tertiary/aromatic N) is 2. The Morgan fingerprint density at radius 2 is 1.81 bits per heavy atom. The van der Waals surface area contributed by atoms with Crippen molar-refractivity contribution in [1.82, 2.24) is 4.90 Å². The average Bonchev–Trinajstić information content (AvgIpc) is 3.04. The molecule has 144 valence electrons. The number of carbonyl (C=O) groups is 2. The molecule has 0 bridgehead atoms. The SMILES string of the molecule is COc1ccccc1N1CCN(C(=O)COC(=O)c2cc(C)sc2C)CC1. The second kappa shape index (κ2) is 8.43. The van der Waals surface area contributed by atoms with Crippen LogP contribution in [0.2, 0.25) is 0 Å². The molecule has 1 saturated heterocycles. The fourth-order valence-electron chi connectivity index (χ4n) is 3.22. The lowest BCUT2D eigenvalue weighted by molar-refractivity contribution is -0.134. The number of rotatable bonds is 5. The van der Waals surface area contributed by atoms with Gasteiger partial charge >= 0.3 is 5.97 Å². The molecule has 0 unspecified atom stereocenters. The molecular formula is C20H24N2O4S. The number of para-hydroxylation sites is 2. The van der Waals surface area contributed by atoms with Crippen LogP contribution in [0.1, 0.15) is 20.1 Å². The Kier molecular flexibility index (Phi) is 6.01. The van der Waals surface area contributed by atoms with Gasteiger partial charge in [-0.3, -0.25) is 4.79 Å². The largest absolute Gasteiger partial charge is 0.495 e. The highest BCUT2D eigenvalue weighted by Gasteiger charge is 2.24. The topological polar surface area (TPSA) is 59.1 Å². The molecule has 6 nitrogen and oxygen atoms in total. The van der Waals surface area contributed by atoms with Crippen LogP contribution in [0.5, 0.6) is 5.75 Å². The number of ether oxygens (including phenoxy) is 2. The van der Waals surface area contributed by atoms with E-state index in [4.69, 9.17) is 9.47 Å². The van der Waals surface area contributed by atoms with Crippen LogP contribution in [-0.2, 0) is 9.53 Å². The van der Waals surface area contributed by atoms with Gasteiger partial charge in [-0.15, -0.1) is 11.3 Å². The maximum Gasteiger partial charge on any atom is 0.339 e. The van der Waals surface area contributed by atoms with Crippen molar-refractivity contribution < 1.29 is 19.1 Å². The molecule has 1 aliphatic heterocycles. The molecule has 27 heavy (non-hydrogen) atoms. The molecule has 7 heteroatoms. The zero-order chi connectivity index (χ0) is 19.4. The minimum atomic E-state index is -0.433. The third-order valence-corrected chi connectivity index (χ3v) is 5.61. The molecule has 1 aromatic heterocycles. The van der Waals surface area contributed by atoms with Crippen molar-refractivity contribution in [1.29, 1.82) is 0 Å². The monoisotopic (exact) mass is 388 g/mol. The number of carbonyl (C=O) groups excluding carboxylic acids is 2. The van der Waals surface area contributed by atoms with Crippen LogP contribution in [0.3, 0.4) is 0 Å². The predicted molar refractivity (Wildman–Crippen MR) is 106 cm³/mol. The molecular weight excluding hydrogens is 364 g/mol. The number of aryl methyl sites for hydroxylation is 2. The van der Waals surface area contributed by atoms with Gasteiger partial charge in [-0.05, 0) is 32.0 Å². The molecule has 1 aromatic carbocycles. The second-order valence-corrected chi connectivity index (χ2v) is 7.90. The first-order valence-corrected chi connectivity index (χ1v) is 9.71. The minimum absolute atomic E-state index is 0.160. The summed E-state index contributed by atoms with van der Waals surface area (Å²) in [5.41, 5.74) is 1.58. The quantitative estimate of drug-likeness (QED) is 0.737. The molecule has 2 heterocycles. The standard InChI is InChI=1S/C20H24N2O4S/c1-14-12-16(15(2)27-14)20(24)26-13-19(23)22-10-8-21(9-11-22)17-6-4-5-7-18(17)25-3/h4-7,12H,8-11,13H2,1-3H3. The fourth-order valence-corrected chi connectivity index (χ4v) is 4.13. The van der Waals surface area contributed by atoms with E-state index in [1.54, 1.807) is 29.4 Å². The number of methoxy groups -OCH3 is 1. The molecule has 0 aliphatic carbocycles. The molecule has 0 radical (unpaired) electrons. The summed E-state index contributed by atoms with van der Waals surface area (Å²) in [6.45, 7) is 6.21. The zero-order valence-electron chi connectivity index (χ0n) is 15.9. The molecule has 1 amide bonds. The third-order valence-electron chi connectivity index (χ3n) is 4.65. The van der Waals surface area contributed by atoms with Crippen molar-refractivity contribution in [3.63, 3.8) is 0 Å². The van der Waals surface area contributed by atoms with E-state index < -0.39 is 5.97 Å².